The van der Waals surface area contributed by atoms with Crippen LogP contribution >= 0.6 is 0 Å². The molecule has 2 bridgehead atoms. The van der Waals surface area contributed by atoms with Gasteiger partial charge in [-0.1, -0.05) is 0 Å². The molecule has 0 aromatic rings. The normalized spacial score (nSPS) is 50.9. The molecule has 0 aromatic carbocycles. The van der Waals surface area contributed by atoms with Crippen molar-refractivity contribution in [2.75, 3.05) is 0 Å². The van der Waals surface area contributed by atoms with Gasteiger partial charge in [0, 0.05) is 6.42 Å². The predicted octanol–water partition coefficient (Wildman–Crippen LogP) is 0.388. The minimum atomic E-state index is -0.512. The van der Waals surface area contributed by atoms with Gasteiger partial charge in [-0.25, -0.2) is 0 Å². The molecule has 2 nitrogen and oxygen atoms in total. The van der Waals surface area contributed by atoms with Gasteiger partial charge in [0.15, 0.2) is 0 Å². The molecule has 0 aliphatic heterocycles. The highest BCUT2D eigenvalue weighted by Gasteiger charge is 2.50. The number of rotatable bonds is 1. The highest BCUT2D eigenvalue weighted by molar-refractivity contribution is 5.04. The zero-order valence-electron chi connectivity index (χ0n) is 6.98. The first-order chi connectivity index (χ1) is 5.74. The molecule has 66 valence electrons. The van der Waals surface area contributed by atoms with Gasteiger partial charge in [-0.2, -0.15) is 0 Å². The van der Waals surface area contributed by atoms with Gasteiger partial charge in [-0.3, -0.25) is 0 Å². The number of hydrogen-bond acceptors (Lipinski definition) is 2. The standard InChI is InChI=1S/C10H14O2/c1-2-3-6-4-7-5-8(6)10(12)9(7)11/h1,6-12H,3-5H2. The number of fused-ring (bicyclic) bond motifs is 2. The largest absolute Gasteiger partial charge is 0.390 e. The topological polar surface area (TPSA) is 40.5 Å². The van der Waals surface area contributed by atoms with E-state index < -0.39 is 12.2 Å². The summed E-state index contributed by atoms with van der Waals surface area (Å²) >= 11 is 0. The maximum atomic E-state index is 9.57. The lowest BCUT2D eigenvalue weighted by atomic mass is 9.83. The SMILES string of the molecule is C#CCC1CC2CC1C(O)C2O. The smallest absolute Gasteiger partial charge is 0.0833 e. The molecule has 5 unspecified atom stereocenters. The van der Waals surface area contributed by atoms with Crippen molar-refractivity contribution < 1.29 is 10.2 Å². The van der Waals surface area contributed by atoms with E-state index in [2.05, 4.69) is 5.92 Å². The summed E-state index contributed by atoms with van der Waals surface area (Å²) in [5.74, 6) is 3.67. The van der Waals surface area contributed by atoms with Crippen LogP contribution < -0.4 is 0 Å². The fourth-order valence-electron chi connectivity index (χ4n) is 2.82. The van der Waals surface area contributed by atoms with E-state index in [0.717, 1.165) is 19.3 Å². The third kappa shape index (κ3) is 0.972. The Bertz CT molecular complexity index is 216. The van der Waals surface area contributed by atoms with Gasteiger partial charge in [0.2, 0.25) is 0 Å². The Morgan fingerprint density at radius 3 is 2.50 bits per heavy atom. The summed E-state index contributed by atoms with van der Waals surface area (Å²) in [6, 6.07) is 0. The summed E-state index contributed by atoms with van der Waals surface area (Å²) in [6.45, 7) is 0. The van der Waals surface area contributed by atoms with Gasteiger partial charge in [0.05, 0.1) is 12.2 Å². The van der Waals surface area contributed by atoms with E-state index in [-0.39, 0.29) is 5.92 Å². The molecule has 0 spiro atoms. The van der Waals surface area contributed by atoms with E-state index >= 15 is 0 Å². The molecule has 2 rings (SSSR count). The molecule has 5 atom stereocenters. The Hall–Kier alpha value is -0.520. The highest BCUT2D eigenvalue weighted by Crippen LogP contribution is 2.49. The van der Waals surface area contributed by atoms with Crippen LogP contribution in [0, 0.1) is 30.1 Å². The maximum Gasteiger partial charge on any atom is 0.0833 e. The van der Waals surface area contributed by atoms with Crippen LogP contribution in [0.1, 0.15) is 19.3 Å². The lowest BCUT2D eigenvalue weighted by molar-refractivity contribution is -0.0329. The number of aliphatic hydroxyl groups excluding tert-OH is 2. The van der Waals surface area contributed by atoms with E-state index in [1.165, 1.54) is 0 Å². The second kappa shape index (κ2) is 2.76. The predicted molar refractivity (Wildman–Crippen MR) is 45.2 cm³/mol. The second-order valence-electron chi connectivity index (χ2n) is 4.04. The van der Waals surface area contributed by atoms with E-state index in [4.69, 9.17) is 6.42 Å². The van der Waals surface area contributed by atoms with E-state index in [9.17, 15) is 10.2 Å². The molecule has 2 N–H and O–H groups in total. The average Bonchev–Trinajstić information content (AvgIpc) is 2.55. The second-order valence-corrected chi connectivity index (χ2v) is 4.04. The van der Waals surface area contributed by atoms with Crippen molar-refractivity contribution in [1.29, 1.82) is 0 Å². The van der Waals surface area contributed by atoms with E-state index in [0.29, 0.717) is 11.8 Å². The molecule has 0 amide bonds. The zero-order valence-corrected chi connectivity index (χ0v) is 6.98. The summed E-state index contributed by atoms with van der Waals surface area (Å²) < 4.78 is 0. The number of terminal acetylenes is 1. The molecule has 2 heteroatoms. The molecular formula is C10H14O2. The summed E-state index contributed by atoms with van der Waals surface area (Å²) in [5.41, 5.74) is 0. The van der Waals surface area contributed by atoms with Crippen LogP contribution in [0.15, 0.2) is 0 Å². The first kappa shape index (κ1) is 8.10. The number of aliphatic hydroxyl groups is 2. The van der Waals surface area contributed by atoms with Crippen molar-refractivity contribution in [3.8, 4) is 12.3 Å². The molecule has 2 saturated carbocycles. The van der Waals surface area contributed by atoms with E-state index in [1.807, 2.05) is 0 Å². The summed E-state index contributed by atoms with van der Waals surface area (Å²) in [4.78, 5) is 0. The first-order valence-corrected chi connectivity index (χ1v) is 4.53. The van der Waals surface area contributed by atoms with Crippen LogP contribution in [0.2, 0.25) is 0 Å². The summed E-state index contributed by atoms with van der Waals surface area (Å²) in [5, 5.41) is 19.0. The van der Waals surface area contributed by atoms with Crippen LogP contribution in [-0.2, 0) is 0 Å². The molecule has 2 aliphatic carbocycles. The first-order valence-electron chi connectivity index (χ1n) is 4.53. The quantitative estimate of drug-likeness (QED) is 0.553. The van der Waals surface area contributed by atoms with Crippen LogP contribution in [-0.4, -0.2) is 22.4 Å². The van der Waals surface area contributed by atoms with Gasteiger partial charge >= 0.3 is 0 Å². The summed E-state index contributed by atoms with van der Waals surface area (Å²) in [7, 11) is 0. The van der Waals surface area contributed by atoms with Crippen LogP contribution in [0.25, 0.3) is 0 Å². The minimum Gasteiger partial charge on any atom is -0.390 e. The Balaban J connectivity index is 2.06. The summed E-state index contributed by atoms with van der Waals surface area (Å²) in [6.07, 6.45) is 6.96. The Labute approximate surface area is 72.6 Å². The molecule has 0 radical (unpaired) electrons. The third-order valence-electron chi connectivity index (χ3n) is 3.44. The zero-order chi connectivity index (χ0) is 8.72. The molecule has 0 aromatic heterocycles. The highest BCUT2D eigenvalue weighted by atomic mass is 16.3. The Kier molecular flexibility index (Phi) is 1.86. The Morgan fingerprint density at radius 1 is 1.25 bits per heavy atom. The molecule has 0 saturated heterocycles. The minimum absolute atomic E-state index is 0.265. The van der Waals surface area contributed by atoms with Crippen molar-refractivity contribution in [3.63, 3.8) is 0 Å². The fraction of sp³-hybridized carbons (Fsp3) is 0.800. The van der Waals surface area contributed by atoms with Gasteiger partial charge in [0.1, 0.15) is 0 Å². The molecular weight excluding hydrogens is 152 g/mol. The van der Waals surface area contributed by atoms with Crippen molar-refractivity contribution in [1.82, 2.24) is 0 Å². The lowest BCUT2D eigenvalue weighted by Gasteiger charge is -2.28. The fourth-order valence-corrected chi connectivity index (χ4v) is 2.82. The van der Waals surface area contributed by atoms with Crippen molar-refractivity contribution in [2.24, 2.45) is 17.8 Å². The maximum absolute atomic E-state index is 9.57. The van der Waals surface area contributed by atoms with Gasteiger partial charge < -0.3 is 10.2 Å². The molecule has 12 heavy (non-hydrogen) atoms. The monoisotopic (exact) mass is 166 g/mol. The van der Waals surface area contributed by atoms with Crippen LogP contribution in [0.5, 0.6) is 0 Å². The average molecular weight is 166 g/mol. The molecule has 0 heterocycles. The van der Waals surface area contributed by atoms with Crippen molar-refractivity contribution >= 4 is 0 Å². The molecule has 2 aliphatic rings. The van der Waals surface area contributed by atoms with Crippen LogP contribution in [0.4, 0.5) is 0 Å². The van der Waals surface area contributed by atoms with Crippen molar-refractivity contribution in [3.05, 3.63) is 0 Å². The van der Waals surface area contributed by atoms with Gasteiger partial charge in [-0.05, 0) is 30.6 Å². The van der Waals surface area contributed by atoms with Crippen molar-refractivity contribution in [2.45, 2.75) is 31.5 Å². The molecule has 2 fully saturated rings. The third-order valence-corrected chi connectivity index (χ3v) is 3.44. The van der Waals surface area contributed by atoms with E-state index in [1.54, 1.807) is 0 Å². The lowest BCUT2D eigenvalue weighted by Crippen LogP contribution is -2.36. The Morgan fingerprint density at radius 2 is 2.00 bits per heavy atom. The van der Waals surface area contributed by atoms with Gasteiger partial charge in [0.25, 0.3) is 0 Å². The number of hydrogen-bond donors (Lipinski definition) is 2. The van der Waals surface area contributed by atoms with Crippen LogP contribution in [0.3, 0.4) is 0 Å². The van der Waals surface area contributed by atoms with Gasteiger partial charge in [-0.15, -0.1) is 12.3 Å².